The molecule has 1 unspecified atom stereocenters. The van der Waals surface area contributed by atoms with E-state index in [9.17, 15) is 0 Å². The molecule has 1 aliphatic rings. The Morgan fingerprint density at radius 3 is 2.83 bits per heavy atom. The van der Waals surface area contributed by atoms with Crippen molar-refractivity contribution in [2.24, 2.45) is 11.7 Å². The van der Waals surface area contributed by atoms with Crippen LogP contribution in [0.15, 0.2) is 27.3 Å². The van der Waals surface area contributed by atoms with Crippen LogP contribution in [-0.4, -0.2) is 15.1 Å². The molecule has 0 saturated heterocycles. The molecule has 2 N–H and O–H groups in total. The topological polar surface area (TPSA) is 77.8 Å². The van der Waals surface area contributed by atoms with Crippen molar-refractivity contribution in [3.05, 3.63) is 28.7 Å². The molecule has 3 rings (SSSR count). The number of hydrogen-bond donors (Lipinski definition) is 1. The van der Waals surface area contributed by atoms with Gasteiger partial charge < -0.3 is 10.3 Å². The highest BCUT2D eigenvalue weighted by Gasteiger charge is 2.43. The van der Waals surface area contributed by atoms with Crippen molar-refractivity contribution in [3.8, 4) is 11.5 Å². The molecule has 1 saturated carbocycles. The molecule has 1 fully saturated rings. The van der Waals surface area contributed by atoms with E-state index in [1.54, 1.807) is 6.20 Å². The molecule has 18 heavy (non-hydrogen) atoms. The van der Waals surface area contributed by atoms with Crippen molar-refractivity contribution in [2.45, 2.75) is 25.3 Å². The Balaban J connectivity index is 1.91. The van der Waals surface area contributed by atoms with Crippen molar-refractivity contribution in [1.29, 1.82) is 0 Å². The molecule has 2 heterocycles. The Morgan fingerprint density at radius 1 is 1.44 bits per heavy atom. The minimum atomic E-state index is -0.527. The summed E-state index contributed by atoms with van der Waals surface area (Å²) in [6.07, 6.45) is 3.95. The standard InChI is InChI=1S/C12H13BrN4O/c1-12(14,7-2-3-7)11-16-10(17-18-11)9-5-4-8(13)6-15-9/h4-7H,2-3,14H2,1H3. The van der Waals surface area contributed by atoms with Gasteiger partial charge in [0.25, 0.3) is 0 Å². The Labute approximate surface area is 113 Å². The largest absolute Gasteiger partial charge is 0.337 e. The van der Waals surface area contributed by atoms with Crippen LogP contribution in [0.1, 0.15) is 25.7 Å². The van der Waals surface area contributed by atoms with Crippen molar-refractivity contribution in [2.75, 3.05) is 0 Å². The van der Waals surface area contributed by atoms with Gasteiger partial charge in [0, 0.05) is 10.7 Å². The number of pyridine rings is 1. The van der Waals surface area contributed by atoms with Gasteiger partial charge in [-0.15, -0.1) is 0 Å². The molecule has 1 aliphatic carbocycles. The van der Waals surface area contributed by atoms with Gasteiger partial charge in [0.15, 0.2) is 0 Å². The van der Waals surface area contributed by atoms with Crippen molar-refractivity contribution in [1.82, 2.24) is 15.1 Å². The van der Waals surface area contributed by atoms with Gasteiger partial charge in [0.2, 0.25) is 11.7 Å². The average Bonchev–Trinajstić information content (AvgIpc) is 3.09. The lowest BCUT2D eigenvalue weighted by molar-refractivity contribution is 0.273. The van der Waals surface area contributed by atoms with Gasteiger partial charge in [-0.3, -0.25) is 4.98 Å². The monoisotopic (exact) mass is 308 g/mol. The Hall–Kier alpha value is -1.27. The summed E-state index contributed by atoms with van der Waals surface area (Å²) >= 11 is 3.34. The predicted octanol–water partition coefficient (Wildman–Crippen LogP) is 2.48. The number of nitrogens with zero attached hydrogens (tertiary/aromatic N) is 3. The highest BCUT2D eigenvalue weighted by Crippen LogP contribution is 2.43. The molecule has 0 radical (unpaired) electrons. The molecule has 94 valence electrons. The molecule has 0 aliphatic heterocycles. The molecule has 2 aromatic rings. The second-order valence-electron chi connectivity index (χ2n) is 4.84. The Bertz CT molecular complexity index is 560. The van der Waals surface area contributed by atoms with Crippen LogP contribution >= 0.6 is 15.9 Å². The molecule has 1 atom stereocenters. The van der Waals surface area contributed by atoms with Gasteiger partial charge in [-0.05, 0) is 53.7 Å². The fourth-order valence-corrected chi connectivity index (χ4v) is 2.15. The van der Waals surface area contributed by atoms with E-state index in [1.807, 2.05) is 19.1 Å². The smallest absolute Gasteiger partial charge is 0.247 e. The highest BCUT2D eigenvalue weighted by atomic mass is 79.9. The first-order valence-corrected chi connectivity index (χ1v) is 6.61. The molecule has 0 amide bonds. The number of halogens is 1. The van der Waals surface area contributed by atoms with Crippen LogP contribution in [-0.2, 0) is 5.54 Å². The number of nitrogens with two attached hydrogens (primary N) is 1. The zero-order chi connectivity index (χ0) is 12.8. The third-order valence-electron chi connectivity index (χ3n) is 3.27. The summed E-state index contributed by atoms with van der Waals surface area (Å²) in [7, 11) is 0. The molecule has 6 heteroatoms. The van der Waals surface area contributed by atoms with Crippen molar-refractivity contribution in [3.63, 3.8) is 0 Å². The molecule has 0 spiro atoms. The van der Waals surface area contributed by atoms with Crippen LogP contribution in [0.5, 0.6) is 0 Å². The molecule has 0 aromatic carbocycles. The lowest BCUT2D eigenvalue weighted by Gasteiger charge is -2.18. The number of hydrogen-bond acceptors (Lipinski definition) is 5. The maximum absolute atomic E-state index is 6.23. The first kappa shape index (κ1) is 11.8. The van der Waals surface area contributed by atoms with E-state index < -0.39 is 5.54 Å². The van der Waals surface area contributed by atoms with E-state index in [0.717, 1.165) is 17.3 Å². The average molecular weight is 309 g/mol. The zero-order valence-electron chi connectivity index (χ0n) is 9.93. The SMILES string of the molecule is CC(N)(c1nc(-c2ccc(Br)cn2)no1)C1CC1. The van der Waals surface area contributed by atoms with E-state index in [1.165, 1.54) is 0 Å². The second kappa shape index (κ2) is 4.13. The fraction of sp³-hybridized carbons (Fsp3) is 0.417. The van der Waals surface area contributed by atoms with E-state index in [2.05, 4.69) is 31.1 Å². The lowest BCUT2D eigenvalue weighted by atomic mass is 9.97. The maximum Gasteiger partial charge on any atom is 0.247 e. The van der Waals surface area contributed by atoms with Gasteiger partial charge in [0.1, 0.15) is 5.69 Å². The van der Waals surface area contributed by atoms with Crippen LogP contribution in [0.4, 0.5) is 0 Å². The Morgan fingerprint density at radius 2 is 2.22 bits per heavy atom. The first-order chi connectivity index (χ1) is 8.57. The van der Waals surface area contributed by atoms with Crippen LogP contribution in [0, 0.1) is 5.92 Å². The molecular formula is C12H13BrN4O. The van der Waals surface area contributed by atoms with Gasteiger partial charge in [-0.25, -0.2) is 0 Å². The number of rotatable bonds is 3. The maximum atomic E-state index is 6.23. The van der Waals surface area contributed by atoms with Crippen LogP contribution in [0.25, 0.3) is 11.5 Å². The van der Waals surface area contributed by atoms with Gasteiger partial charge >= 0.3 is 0 Å². The quantitative estimate of drug-likeness (QED) is 0.942. The van der Waals surface area contributed by atoms with E-state index >= 15 is 0 Å². The molecule has 0 bridgehead atoms. The lowest BCUT2D eigenvalue weighted by Crippen LogP contribution is -2.35. The number of aromatic nitrogens is 3. The van der Waals surface area contributed by atoms with Crippen molar-refractivity contribution >= 4 is 15.9 Å². The van der Waals surface area contributed by atoms with Crippen LogP contribution in [0.2, 0.25) is 0 Å². The minimum Gasteiger partial charge on any atom is -0.337 e. The van der Waals surface area contributed by atoms with Crippen LogP contribution < -0.4 is 5.73 Å². The summed E-state index contributed by atoms with van der Waals surface area (Å²) in [6.45, 7) is 1.94. The Kier molecular flexibility index (Phi) is 2.71. The minimum absolute atomic E-state index is 0.448. The third kappa shape index (κ3) is 2.06. The molecule has 5 nitrogen and oxygen atoms in total. The van der Waals surface area contributed by atoms with E-state index in [0.29, 0.717) is 23.3 Å². The summed E-state index contributed by atoms with van der Waals surface area (Å²) in [4.78, 5) is 8.59. The van der Waals surface area contributed by atoms with Gasteiger partial charge in [-0.1, -0.05) is 5.16 Å². The molecular weight excluding hydrogens is 296 g/mol. The normalized spacial score (nSPS) is 18.6. The highest BCUT2D eigenvalue weighted by molar-refractivity contribution is 9.10. The second-order valence-corrected chi connectivity index (χ2v) is 5.76. The predicted molar refractivity (Wildman–Crippen MR) is 69.5 cm³/mol. The fourth-order valence-electron chi connectivity index (χ4n) is 1.91. The first-order valence-electron chi connectivity index (χ1n) is 5.82. The van der Waals surface area contributed by atoms with Gasteiger partial charge in [0.05, 0.1) is 5.54 Å². The van der Waals surface area contributed by atoms with Gasteiger partial charge in [-0.2, -0.15) is 4.98 Å². The van der Waals surface area contributed by atoms with Crippen molar-refractivity contribution < 1.29 is 4.52 Å². The molecule has 2 aromatic heterocycles. The summed E-state index contributed by atoms with van der Waals surface area (Å²) in [5, 5.41) is 3.95. The summed E-state index contributed by atoms with van der Waals surface area (Å²) in [6, 6.07) is 3.73. The summed E-state index contributed by atoms with van der Waals surface area (Å²) in [5.74, 6) is 1.42. The van der Waals surface area contributed by atoms with E-state index in [-0.39, 0.29) is 0 Å². The third-order valence-corrected chi connectivity index (χ3v) is 3.74. The zero-order valence-corrected chi connectivity index (χ0v) is 11.5. The van der Waals surface area contributed by atoms with Crippen LogP contribution in [0.3, 0.4) is 0 Å². The summed E-state index contributed by atoms with van der Waals surface area (Å²) in [5.41, 5.74) is 6.39. The summed E-state index contributed by atoms with van der Waals surface area (Å²) < 4.78 is 6.19. The van der Waals surface area contributed by atoms with E-state index in [4.69, 9.17) is 10.3 Å².